The number of anilines is 1. The first-order valence-corrected chi connectivity index (χ1v) is 10.6. The lowest BCUT2D eigenvalue weighted by Crippen LogP contribution is -2.42. The Morgan fingerprint density at radius 2 is 1.97 bits per heavy atom. The van der Waals surface area contributed by atoms with Gasteiger partial charge in [-0.3, -0.25) is 19.8 Å². The quantitative estimate of drug-likeness (QED) is 0.479. The van der Waals surface area contributed by atoms with Gasteiger partial charge >= 0.3 is 6.03 Å². The standard InChI is InChI=1S/C21H25N5O4S/c1-12(2)11-30-15-8-6-14(7-9-15)21(5)18(28)26(20(29)23-21)10-16(27)22-19-25-24-17(31-19)13(3)4/h6-9,13H,1,10-11H2,2-5H3,(H,23,29)(H,22,25,27). The topological polar surface area (TPSA) is 114 Å². The number of imide groups is 1. The Bertz CT molecular complexity index is 1020. The Morgan fingerprint density at radius 1 is 1.29 bits per heavy atom. The third-order valence-corrected chi connectivity index (χ3v) is 5.81. The van der Waals surface area contributed by atoms with E-state index < -0.39 is 29.9 Å². The number of nitrogens with one attached hydrogen (secondary N) is 2. The SMILES string of the molecule is C=C(C)COc1ccc(C2(C)NC(=O)N(CC(=O)Nc3nnc(C(C)C)s3)C2=O)cc1. The van der Waals surface area contributed by atoms with Crippen LogP contribution in [0.1, 0.15) is 44.2 Å². The van der Waals surface area contributed by atoms with Gasteiger partial charge in [0.05, 0.1) is 0 Å². The van der Waals surface area contributed by atoms with Crippen molar-refractivity contribution in [3.8, 4) is 5.75 Å². The summed E-state index contributed by atoms with van der Waals surface area (Å²) in [5, 5.41) is 14.3. The highest BCUT2D eigenvalue weighted by molar-refractivity contribution is 7.15. The van der Waals surface area contributed by atoms with E-state index in [9.17, 15) is 14.4 Å². The van der Waals surface area contributed by atoms with E-state index in [1.54, 1.807) is 31.2 Å². The van der Waals surface area contributed by atoms with E-state index in [-0.39, 0.29) is 5.92 Å². The van der Waals surface area contributed by atoms with Gasteiger partial charge in [-0.25, -0.2) is 4.79 Å². The van der Waals surface area contributed by atoms with Gasteiger partial charge in [0.25, 0.3) is 5.91 Å². The fourth-order valence-corrected chi connectivity index (χ4v) is 3.71. The molecule has 1 unspecified atom stereocenters. The molecule has 1 aromatic carbocycles. The summed E-state index contributed by atoms with van der Waals surface area (Å²) in [6.45, 7) is 11.2. The smallest absolute Gasteiger partial charge is 0.325 e. The molecule has 1 saturated heterocycles. The third-order valence-electron chi connectivity index (χ3n) is 4.67. The summed E-state index contributed by atoms with van der Waals surface area (Å²) in [5.74, 6) is -0.223. The van der Waals surface area contributed by atoms with Crippen LogP contribution in [0.3, 0.4) is 0 Å². The zero-order valence-electron chi connectivity index (χ0n) is 17.9. The first-order chi connectivity index (χ1) is 14.6. The molecule has 0 bridgehead atoms. The average Bonchev–Trinajstić information content (AvgIpc) is 3.26. The fraction of sp³-hybridized carbons (Fsp3) is 0.381. The third kappa shape index (κ3) is 4.91. The normalized spacial score (nSPS) is 18.3. The van der Waals surface area contributed by atoms with Crippen LogP contribution in [0.25, 0.3) is 0 Å². The molecule has 1 aliphatic heterocycles. The number of hydrogen-bond donors (Lipinski definition) is 2. The molecule has 0 aliphatic carbocycles. The lowest BCUT2D eigenvalue weighted by Gasteiger charge is -2.22. The van der Waals surface area contributed by atoms with Gasteiger partial charge in [-0.1, -0.05) is 43.9 Å². The molecule has 9 nitrogen and oxygen atoms in total. The van der Waals surface area contributed by atoms with E-state index in [0.29, 0.717) is 23.1 Å². The number of urea groups is 1. The maximum absolute atomic E-state index is 13.0. The summed E-state index contributed by atoms with van der Waals surface area (Å²) >= 11 is 1.26. The summed E-state index contributed by atoms with van der Waals surface area (Å²) in [6.07, 6.45) is 0. The zero-order valence-corrected chi connectivity index (χ0v) is 18.7. The molecule has 1 fully saturated rings. The number of hydrogen-bond acceptors (Lipinski definition) is 7. The van der Waals surface area contributed by atoms with Crippen LogP contribution in [0.5, 0.6) is 5.75 Å². The molecule has 2 N–H and O–H groups in total. The van der Waals surface area contributed by atoms with Gasteiger partial charge in [-0.15, -0.1) is 10.2 Å². The predicted octanol–water partition coefficient (Wildman–Crippen LogP) is 3.02. The molecule has 0 saturated carbocycles. The molecular formula is C21H25N5O4S. The second-order valence-electron chi connectivity index (χ2n) is 7.86. The molecule has 31 heavy (non-hydrogen) atoms. The minimum atomic E-state index is -1.28. The number of carbonyl (C=O) groups excluding carboxylic acids is 3. The number of amides is 4. The molecule has 4 amide bonds. The van der Waals surface area contributed by atoms with Crippen LogP contribution >= 0.6 is 11.3 Å². The van der Waals surface area contributed by atoms with Gasteiger partial charge in [-0.05, 0) is 37.1 Å². The molecule has 3 rings (SSSR count). The number of ether oxygens (including phenoxy) is 1. The lowest BCUT2D eigenvalue weighted by atomic mass is 9.92. The number of aromatic nitrogens is 2. The van der Waals surface area contributed by atoms with E-state index in [1.807, 2.05) is 20.8 Å². The molecule has 2 aromatic rings. The van der Waals surface area contributed by atoms with Crippen LogP contribution in [-0.4, -0.2) is 46.1 Å². The van der Waals surface area contributed by atoms with Gasteiger partial charge in [0.15, 0.2) is 0 Å². The maximum Gasteiger partial charge on any atom is 0.325 e. The van der Waals surface area contributed by atoms with Crippen LogP contribution in [0.15, 0.2) is 36.4 Å². The molecule has 164 valence electrons. The largest absolute Gasteiger partial charge is 0.489 e. The highest BCUT2D eigenvalue weighted by Gasteiger charge is 2.49. The summed E-state index contributed by atoms with van der Waals surface area (Å²) < 4.78 is 5.57. The zero-order chi connectivity index (χ0) is 22.8. The Hall–Kier alpha value is -3.27. The van der Waals surface area contributed by atoms with Gasteiger partial charge in [0, 0.05) is 5.92 Å². The van der Waals surface area contributed by atoms with Crippen LogP contribution < -0.4 is 15.4 Å². The summed E-state index contributed by atoms with van der Waals surface area (Å²) in [7, 11) is 0. The second-order valence-corrected chi connectivity index (χ2v) is 8.87. The fourth-order valence-electron chi connectivity index (χ4n) is 2.95. The van der Waals surface area contributed by atoms with Crippen molar-refractivity contribution >= 4 is 34.3 Å². The van der Waals surface area contributed by atoms with Gasteiger partial charge in [-0.2, -0.15) is 0 Å². The van der Waals surface area contributed by atoms with Gasteiger partial charge in [0.2, 0.25) is 11.0 Å². The van der Waals surface area contributed by atoms with Crippen LogP contribution in [-0.2, 0) is 15.1 Å². The Labute approximate surface area is 184 Å². The van der Waals surface area contributed by atoms with Crippen molar-refractivity contribution in [2.24, 2.45) is 0 Å². The van der Waals surface area contributed by atoms with Crippen molar-refractivity contribution in [2.45, 2.75) is 39.2 Å². The maximum atomic E-state index is 13.0. The van der Waals surface area contributed by atoms with Crippen molar-refractivity contribution in [1.82, 2.24) is 20.4 Å². The van der Waals surface area contributed by atoms with E-state index in [1.165, 1.54) is 11.3 Å². The minimum absolute atomic E-state index is 0.187. The Balaban J connectivity index is 1.67. The number of nitrogens with zero attached hydrogens (tertiary/aromatic N) is 3. The molecule has 10 heteroatoms. The van der Waals surface area contributed by atoms with Crippen molar-refractivity contribution in [3.05, 3.63) is 47.0 Å². The highest BCUT2D eigenvalue weighted by atomic mass is 32.1. The van der Waals surface area contributed by atoms with Crippen molar-refractivity contribution < 1.29 is 19.1 Å². The van der Waals surface area contributed by atoms with Crippen molar-refractivity contribution in [1.29, 1.82) is 0 Å². The Morgan fingerprint density at radius 3 is 2.55 bits per heavy atom. The Kier molecular flexibility index (Phi) is 6.40. The predicted molar refractivity (Wildman–Crippen MR) is 117 cm³/mol. The summed E-state index contributed by atoms with van der Waals surface area (Å²) in [6, 6.07) is 6.24. The number of carbonyl (C=O) groups is 3. The van der Waals surface area contributed by atoms with Gasteiger partial charge < -0.3 is 10.1 Å². The highest BCUT2D eigenvalue weighted by Crippen LogP contribution is 2.30. The molecule has 1 aliphatic rings. The minimum Gasteiger partial charge on any atom is -0.489 e. The number of rotatable bonds is 8. The monoisotopic (exact) mass is 443 g/mol. The van der Waals surface area contributed by atoms with E-state index in [0.717, 1.165) is 15.5 Å². The average molecular weight is 444 g/mol. The first kappa shape index (κ1) is 22.4. The van der Waals surface area contributed by atoms with Gasteiger partial charge in [0.1, 0.15) is 29.4 Å². The summed E-state index contributed by atoms with van der Waals surface area (Å²) in [5.41, 5.74) is 0.192. The van der Waals surface area contributed by atoms with E-state index in [4.69, 9.17) is 4.74 Å². The molecule has 0 radical (unpaired) electrons. The molecule has 2 heterocycles. The van der Waals surface area contributed by atoms with Crippen molar-refractivity contribution in [3.63, 3.8) is 0 Å². The van der Waals surface area contributed by atoms with Crippen LogP contribution in [0.4, 0.5) is 9.93 Å². The molecule has 1 aromatic heterocycles. The van der Waals surface area contributed by atoms with E-state index >= 15 is 0 Å². The first-order valence-electron chi connectivity index (χ1n) is 9.75. The molecule has 0 spiro atoms. The van der Waals surface area contributed by atoms with Crippen LogP contribution in [0, 0.1) is 0 Å². The molecule has 1 atom stereocenters. The second kappa shape index (κ2) is 8.84. The van der Waals surface area contributed by atoms with Crippen LogP contribution in [0.2, 0.25) is 0 Å². The van der Waals surface area contributed by atoms with E-state index in [2.05, 4.69) is 27.4 Å². The van der Waals surface area contributed by atoms with Crippen molar-refractivity contribution in [2.75, 3.05) is 18.5 Å². The number of benzene rings is 1. The summed E-state index contributed by atoms with van der Waals surface area (Å²) in [4.78, 5) is 38.7. The lowest BCUT2D eigenvalue weighted by molar-refractivity contribution is -0.133. The molecular weight excluding hydrogens is 418 g/mol.